The molecule has 1 aromatic heterocycles. The Balaban J connectivity index is 2.42. The van der Waals surface area contributed by atoms with E-state index in [1.807, 2.05) is 64.1 Å². The van der Waals surface area contributed by atoms with Gasteiger partial charge in [-0.1, -0.05) is 41.5 Å². The van der Waals surface area contributed by atoms with E-state index >= 15 is 0 Å². The molecule has 0 aliphatic carbocycles. The number of aromatic carboxylic acids is 1. The van der Waals surface area contributed by atoms with Crippen LogP contribution in [0, 0.1) is 27.7 Å². The normalized spacial score (nSPS) is 11.0. The molecule has 0 saturated heterocycles. The molecule has 0 saturated carbocycles. The van der Waals surface area contributed by atoms with Gasteiger partial charge >= 0.3 is 5.97 Å². The zero-order valence-corrected chi connectivity index (χ0v) is 13.8. The number of aromatic nitrogens is 1. The van der Waals surface area contributed by atoms with E-state index in [2.05, 4.69) is 0 Å². The lowest BCUT2D eigenvalue weighted by molar-refractivity contribution is 0.0698. The van der Waals surface area contributed by atoms with Gasteiger partial charge in [-0.25, -0.2) is 9.78 Å². The third kappa shape index (κ3) is 2.59. The Hall–Kier alpha value is -2.68. The van der Waals surface area contributed by atoms with Crippen molar-refractivity contribution >= 4 is 16.9 Å². The van der Waals surface area contributed by atoms with Crippen molar-refractivity contribution in [3.8, 4) is 11.3 Å². The van der Waals surface area contributed by atoms with Gasteiger partial charge in [-0.05, 0) is 44.9 Å². The molecule has 3 heteroatoms. The number of carboxylic acid groups (broad SMARTS) is 1. The van der Waals surface area contributed by atoms with E-state index in [1.54, 1.807) is 0 Å². The maximum Gasteiger partial charge on any atom is 0.336 e. The summed E-state index contributed by atoms with van der Waals surface area (Å²) in [6.45, 7) is 7.81. The molecule has 0 spiro atoms. The molecule has 3 nitrogen and oxygen atoms in total. The van der Waals surface area contributed by atoms with Gasteiger partial charge in [0.05, 0.1) is 16.8 Å². The standard InChI is InChI=1S/C20H19NO2/c1-11-5-7-15(8-6-11)19-14(4)17(20(22)23)16-10-12(2)9-13(3)18(16)21-19/h5-10H,1-4H3,(H,22,23). The first-order valence-corrected chi connectivity index (χ1v) is 7.60. The van der Waals surface area contributed by atoms with Gasteiger partial charge in [0.2, 0.25) is 0 Å². The minimum atomic E-state index is -0.909. The topological polar surface area (TPSA) is 50.2 Å². The molecule has 0 aliphatic rings. The van der Waals surface area contributed by atoms with Crippen LogP contribution in [0.3, 0.4) is 0 Å². The quantitative estimate of drug-likeness (QED) is 0.737. The Labute approximate surface area is 135 Å². The summed E-state index contributed by atoms with van der Waals surface area (Å²) >= 11 is 0. The molecule has 0 radical (unpaired) electrons. The van der Waals surface area contributed by atoms with Crippen molar-refractivity contribution in [3.05, 3.63) is 64.2 Å². The Kier molecular flexibility index (Phi) is 3.64. The van der Waals surface area contributed by atoms with Crippen molar-refractivity contribution in [3.63, 3.8) is 0 Å². The molecule has 0 bridgehead atoms. The fourth-order valence-electron chi connectivity index (χ4n) is 3.08. The minimum absolute atomic E-state index is 0.345. The van der Waals surface area contributed by atoms with Gasteiger partial charge in [0.15, 0.2) is 0 Å². The van der Waals surface area contributed by atoms with E-state index in [-0.39, 0.29) is 0 Å². The Morgan fingerprint density at radius 2 is 1.61 bits per heavy atom. The summed E-state index contributed by atoms with van der Waals surface area (Å²) in [4.78, 5) is 16.7. The molecule has 0 unspecified atom stereocenters. The van der Waals surface area contributed by atoms with Crippen LogP contribution in [-0.4, -0.2) is 16.1 Å². The smallest absolute Gasteiger partial charge is 0.336 e. The van der Waals surface area contributed by atoms with Crippen LogP contribution in [-0.2, 0) is 0 Å². The minimum Gasteiger partial charge on any atom is -0.478 e. The summed E-state index contributed by atoms with van der Waals surface area (Å²) in [6, 6.07) is 12.0. The molecule has 3 rings (SSSR count). The average molecular weight is 305 g/mol. The molecular weight excluding hydrogens is 286 g/mol. The molecule has 0 atom stereocenters. The first kappa shape index (κ1) is 15.2. The van der Waals surface area contributed by atoms with Crippen molar-refractivity contribution in [1.29, 1.82) is 0 Å². The van der Waals surface area contributed by atoms with Gasteiger partial charge in [0.25, 0.3) is 0 Å². The summed E-state index contributed by atoms with van der Waals surface area (Å²) in [7, 11) is 0. The zero-order valence-electron chi connectivity index (χ0n) is 13.8. The number of fused-ring (bicyclic) bond motifs is 1. The van der Waals surface area contributed by atoms with Gasteiger partial charge in [-0.15, -0.1) is 0 Å². The highest BCUT2D eigenvalue weighted by Crippen LogP contribution is 2.31. The number of rotatable bonds is 2. The maximum atomic E-state index is 11.9. The predicted molar refractivity (Wildman–Crippen MR) is 93.1 cm³/mol. The summed E-state index contributed by atoms with van der Waals surface area (Å²) < 4.78 is 0. The first-order valence-electron chi connectivity index (χ1n) is 7.60. The van der Waals surface area contributed by atoms with Crippen LogP contribution < -0.4 is 0 Å². The second kappa shape index (κ2) is 5.51. The molecule has 0 fully saturated rings. The number of carbonyl (C=O) groups is 1. The second-order valence-electron chi connectivity index (χ2n) is 6.11. The lowest BCUT2D eigenvalue weighted by Gasteiger charge is -2.14. The number of nitrogens with zero attached hydrogens (tertiary/aromatic N) is 1. The number of benzene rings is 2. The molecule has 1 heterocycles. The van der Waals surface area contributed by atoms with Crippen LogP contribution >= 0.6 is 0 Å². The number of hydrogen-bond acceptors (Lipinski definition) is 2. The Morgan fingerprint density at radius 1 is 0.957 bits per heavy atom. The van der Waals surface area contributed by atoms with Gasteiger partial charge < -0.3 is 5.11 Å². The predicted octanol–water partition coefficient (Wildman–Crippen LogP) is 4.83. The summed E-state index contributed by atoms with van der Waals surface area (Å²) in [6.07, 6.45) is 0. The third-order valence-corrected chi connectivity index (χ3v) is 4.21. The molecule has 2 aromatic carbocycles. The summed E-state index contributed by atoms with van der Waals surface area (Å²) in [5, 5.41) is 10.4. The molecular formula is C20H19NO2. The lowest BCUT2D eigenvalue weighted by atomic mass is 9.95. The van der Waals surface area contributed by atoms with Crippen LogP contribution in [0.1, 0.15) is 32.6 Å². The average Bonchev–Trinajstić information content (AvgIpc) is 2.47. The van der Waals surface area contributed by atoms with Crippen LogP contribution in [0.4, 0.5) is 0 Å². The van der Waals surface area contributed by atoms with Crippen molar-refractivity contribution in [2.75, 3.05) is 0 Å². The lowest BCUT2D eigenvalue weighted by Crippen LogP contribution is -2.06. The SMILES string of the molecule is Cc1ccc(-c2nc3c(C)cc(C)cc3c(C(=O)O)c2C)cc1. The Morgan fingerprint density at radius 3 is 2.22 bits per heavy atom. The van der Waals surface area contributed by atoms with E-state index in [0.717, 1.165) is 33.5 Å². The van der Waals surface area contributed by atoms with Crippen molar-refractivity contribution in [2.24, 2.45) is 0 Å². The fourth-order valence-corrected chi connectivity index (χ4v) is 3.08. The number of aryl methyl sites for hydroxylation is 3. The van der Waals surface area contributed by atoms with Crippen molar-refractivity contribution in [2.45, 2.75) is 27.7 Å². The number of pyridine rings is 1. The van der Waals surface area contributed by atoms with Crippen LogP contribution in [0.25, 0.3) is 22.2 Å². The first-order chi connectivity index (χ1) is 10.9. The van der Waals surface area contributed by atoms with Crippen LogP contribution in [0.2, 0.25) is 0 Å². The van der Waals surface area contributed by atoms with Gasteiger partial charge in [-0.2, -0.15) is 0 Å². The monoisotopic (exact) mass is 305 g/mol. The van der Waals surface area contributed by atoms with Gasteiger partial charge in [0, 0.05) is 10.9 Å². The number of carboxylic acids is 1. The largest absolute Gasteiger partial charge is 0.478 e. The van der Waals surface area contributed by atoms with Crippen molar-refractivity contribution < 1.29 is 9.90 Å². The summed E-state index contributed by atoms with van der Waals surface area (Å²) in [5.74, 6) is -0.909. The van der Waals surface area contributed by atoms with Crippen LogP contribution in [0.15, 0.2) is 36.4 Å². The second-order valence-corrected chi connectivity index (χ2v) is 6.11. The summed E-state index contributed by atoms with van der Waals surface area (Å²) in [5.41, 5.74) is 6.69. The van der Waals surface area contributed by atoms with E-state index in [4.69, 9.17) is 4.98 Å². The molecule has 3 aromatic rings. The van der Waals surface area contributed by atoms with Gasteiger partial charge in [0.1, 0.15) is 0 Å². The maximum absolute atomic E-state index is 11.9. The molecule has 0 amide bonds. The molecule has 0 aliphatic heterocycles. The van der Waals surface area contributed by atoms with Crippen LogP contribution in [0.5, 0.6) is 0 Å². The third-order valence-electron chi connectivity index (χ3n) is 4.21. The van der Waals surface area contributed by atoms with E-state index < -0.39 is 5.97 Å². The molecule has 116 valence electrons. The van der Waals surface area contributed by atoms with E-state index in [1.165, 1.54) is 0 Å². The zero-order chi connectivity index (χ0) is 16.7. The molecule has 23 heavy (non-hydrogen) atoms. The molecule has 1 N–H and O–H groups in total. The highest BCUT2D eigenvalue weighted by molar-refractivity contribution is 6.06. The van der Waals surface area contributed by atoms with E-state index in [9.17, 15) is 9.90 Å². The van der Waals surface area contributed by atoms with E-state index in [0.29, 0.717) is 16.5 Å². The fraction of sp³-hybridized carbons (Fsp3) is 0.200. The number of hydrogen-bond donors (Lipinski definition) is 1. The highest BCUT2D eigenvalue weighted by Gasteiger charge is 2.19. The van der Waals surface area contributed by atoms with Crippen molar-refractivity contribution in [1.82, 2.24) is 4.98 Å². The highest BCUT2D eigenvalue weighted by atomic mass is 16.4. The Bertz CT molecular complexity index is 925. The van der Waals surface area contributed by atoms with Gasteiger partial charge in [-0.3, -0.25) is 0 Å².